The standard InChI is InChI=1S/C18H14F3N3O2/c1-2-26-17(25)16-14(11-24(23-16)12-6-5-9-22-10-12)13-7-3-4-8-15(13)18(19,20)21/h3-11H,2H2,1H3. The molecule has 0 aliphatic heterocycles. The fraction of sp³-hybridized carbons (Fsp3) is 0.167. The van der Waals surface area contributed by atoms with Crippen LogP contribution in [-0.2, 0) is 10.9 Å². The Bertz CT molecular complexity index is 921. The van der Waals surface area contributed by atoms with Crippen LogP contribution in [0.1, 0.15) is 23.0 Å². The molecule has 0 fully saturated rings. The summed E-state index contributed by atoms with van der Waals surface area (Å²) >= 11 is 0. The summed E-state index contributed by atoms with van der Waals surface area (Å²) in [5.41, 5.74) is -0.629. The number of hydrogen-bond donors (Lipinski definition) is 0. The van der Waals surface area contributed by atoms with Crippen molar-refractivity contribution in [3.8, 4) is 16.8 Å². The van der Waals surface area contributed by atoms with E-state index in [4.69, 9.17) is 4.74 Å². The van der Waals surface area contributed by atoms with E-state index < -0.39 is 17.7 Å². The number of alkyl halides is 3. The Balaban J connectivity index is 2.21. The zero-order valence-electron chi connectivity index (χ0n) is 13.7. The molecule has 0 bridgehead atoms. The topological polar surface area (TPSA) is 57.0 Å². The van der Waals surface area contributed by atoms with E-state index in [1.807, 2.05) is 0 Å². The summed E-state index contributed by atoms with van der Waals surface area (Å²) in [6.07, 6.45) is -0.159. The summed E-state index contributed by atoms with van der Waals surface area (Å²) in [6, 6.07) is 8.36. The Morgan fingerprint density at radius 2 is 1.92 bits per heavy atom. The van der Waals surface area contributed by atoms with Crippen molar-refractivity contribution in [1.29, 1.82) is 0 Å². The average molecular weight is 361 g/mol. The third kappa shape index (κ3) is 3.44. The highest BCUT2D eigenvalue weighted by molar-refractivity contribution is 5.95. The van der Waals surface area contributed by atoms with Gasteiger partial charge in [0.1, 0.15) is 0 Å². The van der Waals surface area contributed by atoms with Crippen molar-refractivity contribution in [2.24, 2.45) is 0 Å². The highest BCUT2D eigenvalue weighted by Gasteiger charge is 2.35. The van der Waals surface area contributed by atoms with E-state index in [1.165, 1.54) is 35.3 Å². The zero-order chi connectivity index (χ0) is 18.7. The highest BCUT2D eigenvalue weighted by atomic mass is 19.4. The summed E-state index contributed by atoms with van der Waals surface area (Å²) < 4.78 is 46.4. The van der Waals surface area contributed by atoms with Crippen molar-refractivity contribution in [2.75, 3.05) is 6.61 Å². The fourth-order valence-corrected chi connectivity index (χ4v) is 2.51. The second kappa shape index (κ2) is 6.99. The third-order valence-corrected chi connectivity index (χ3v) is 3.62. The molecule has 3 rings (SSSR count). The minimum Gasteiger partial charge on any atom is -0.461 e. The molecule has 134 valence electrons. The van der Waals surface area contributed by atoms with Gasteiger partial charge in [-0.25, -0.2) is 9.48 Å². The fourth-order valence-electron chi connectivity index (χ4n) is 2.51. The molecule has 2 aromatic heterocycles. The lowest BCUT2D eigenvalue weighted by Crippen LogP contribution is -2.10. The first-order chi connectivity index (χ1) is 12.4. The number of rotatable bonds is 4. The maximum Gasteiger partial charge on any atom is 0.417 e. The van der Waals surface area contributed by atoms with Crippen LogP contribution in [0.4, 0.5) is 13.2 Å². The van der Waals surface area contributed by atoms with Gasteiger partial charge in [0.05, 0.1) is 24.1 Å². The van der Waals surface area contributed by atoms with Gasteiger partial charge in [0, 0.05) is 18.0 Å². The summed E-state index contributed by atoms with van der Waals surface area (Å²) in [5.74, 6) is -0.790. The molecule has 0 N–H and O–H groups in total. The Labute approximate surface area is 147 Å². The smallest absolute Gasteiger partial charge is 0.417 e. The first kappa shape index (κ1) is 17.7. The summed E-state index contributed by atoms with van der Waals surface area (Å²) in [5, 5.41) is 4.13. The number of benzene rings is 1. The molecular formula is C18H14F3N3O2. The van der Waals surface area contributed by atoms with Crippen molar-refractivity contribution in [3.05, 3.63) is 66.2 Å². The summed E-state index contributed by atoms with van der Waals surface area (Å²) in [4.78, 5) is 16.2. The maximum atomic E-state index is 13.4. The lowest BCUT2D eigenvalue weighted by molar-refractivity contribution is -0.137. The van der Waals surface area contributed by atoms with Gasteiger partial charge in [0.2, 0.25) is 0 Å². The minimum atomic E-state index is -4.57. The maximum absolute atomic E-state index is 13.4. The number of carbonyl (C=O) groups is 1. The molecule has 8 heteroatoms. The van der Waals surface area contributed by atoms with Crippen molar-refractivity contribution in [2.45, 2.75) is 13.1 Å². The first-order valence-electron chi connectivity index (χ1n) is 7.75. The molecule has 1 aromatic carbocycles. The molecule has 0 radical (unpaired) electrons. The molecule has 0 aliphatic carbocycles. The lowest BCUT2D eigenvalue weighted by atomic mass is 10.00. The van der Waals surface area contributed by atoms with Gasteiger partial charge in [-0.3, -0.25) is 4.98 Å². The van der Waals surface area contributed by atoms with Gasteiger partial charge in [-0.05, 0) is 30.7 Å². The third-order valence-electron chi connectivity index (χ3n) is 3.62. The molecule has 5 nitrogen and oxygen atoms in total. The zero-order valence-corrected chi connectivity index (χ0v) is 13.7. The molecule has 3 aromatic rings. The molecule has 0 aliphatic rings. The number of esters is 1. The molecule has 0 atom stereocenters. The lowest BCUT2D eigenvalue weighted by Gasteiger charge is -2.12. The molecule has 0 unspecified atom stereocenters. The summed E-state index contributed by atoms with van der Waals surface area (Å²) in [7, 11) is 0. The molecule has 0 saturated heterocycles. The van der Waals surface area contributed by atoms with Gasteiger partial charge in [-0.1, -0.05) is 18.2 Å². The molecule has 26 heavy (non-hydrogen) atoms. The van der Waals surface area contributed by atoms with Crippen molar-refractivity contribution < 1.29 is 22.7 Å². The van der Waals surface area contributed by atoms with Crippen molar-refractivity contribution in [3.63, 3.8) is 0 Å². The second-order valence-electron chi connectivity index (χ2n) is 5.31. The van der Waals surface area contributed by atoms with Crippen LogP contribution in [0.3, 0.4) is 0 Å². The Hall–Kier alpha value is -3.16. The van der Waals surface area contributed by atoms with E-state index in [9.17, 15) is 18.0 Å². The predicted octanol–water partition coefficient (Wildman–Crippen LogP) is 4.13. The molecule has 0 spiro atoms. The Morgan fingerprint density at radius 1 is 1.15 bits per heavy atom. The monoisotopic (exact) mass is 361 g/mol. The normalized spacial score (nSPS) is 11.4. The van der Waals surface area contributed by atoms with Crippen LogP contribution in [0.25, 0.3) is 16.8 Å². The summed E-state index contributed by atoms with van der Waals surface area (Å²) in [6.45, 7) is 1.69. The van der Waals surface area contributed by atoms with E-state index in [-0.39, 0.29) is 23.4 Å². The molecule has 2 heterocycles. The minimum absolute atomic E-state index is 0.0419. The van der Waals surface area contributed by atoms with Crippen LogP contribution >= 0.6 is 0 Å². The SMILES string of the molecule is CCOC(=O)c1nn(-c2cccnc2)cc1-c1ccccc1C(F)(F)F. The van der Waals surface area contributed by atoms with Crippen LogP contribution in [-0.4, -0.2) is 27.3 Å². The van der Waals surface area contributed by atoms with Crippen molar-refractivity contribution >= 4 is 5.97 Å². The number of aromatic nitrogens is 3. The second-order valence-corrected chi connectivity index (χ2v) is 5.31. The van der Waals surface area contributed by atoms with E-state index in [0.29, 0.717) is 5.69 Å². The molecule has 0 amide bonds. The quantitative estimate of drug-likeness (QED) is 0.656. The van der Waals surface area contributed by atoms with E-state index >= 15 is 0 Å². The van der Waals surface area contributed by atoms with Gasteiger partial charge >= 0.3 is 12.1 Å². The van der Waals surface area contributed by atoms with Gasteiger partial charge in [0.25, 0.3) is 0 Å². The van der Waals surface area contributed by atoms with Crippen LogP contribution in [0.2, 0.25) is 0 Å². The van der Waals surface area contributed by atoms with E-state index in [1.54, 1.807) is 25.3 Å². The largest absolute Gasteiger partial charge is 0.461 e. The van der Waals surface area contributed by atoms with Gasteiger partial charge in [0.15, 0.2) is 5.69 Å². The molecule has 0 saturated carbocycles. The number of halogens is 3. The van der Waals surface area contributed by atoms with Gasteiger partial charge in [-0.15, -0.1) is 0 Å². The Kier molecular flexibility index (Phi) is 4.75. The van der Waals surface area contributed by atoms with Gasteiger partial charge < -0.3 is 4.74 Å². The number of hydrogen-bond acceptors (Lipinski definition) is 4. The Morgan fingerprint density at radius 3 is 2.58 bits per heavy atom. The predicted molar refractivity (Wildman–Crippen MR) is 87.8 cm³/mol. The van der Waals surface area contributed by atoms with Crippen molar-refractivity contribution in [1.82, 2.24) is 14.8 Å². The number of nitrogens with zero attached hydrogens (tertiary/aromatic N) is 3. The number of ether oxygens (including phenoxy) is 1. The average Bonchev–Trinajstić information content (AvgIpc) is 3.07. The van der Waals surface area contributed by atoms with Crippen LogP contribution in [0.5, 0.6) is 0 Å². The van der Waals surface area contributed by atoms with Crippen LogP contribution < -0.4 is 0 Å². The van der Waals surface area contributed by atoms with Crippen LogP contribution in [0.15, 0.2) is 55.0 Å². The van der Waals surface area contributed by atoms with E-state index in [0.717, 1.165) is 6.07 Å². The highest BCUT2D eigenvalue weighted by Crippen LogP contribution is 2.38. The van der Waals surface area contributed by atoms with Gasteiger partial charge in [-0.2, -0.15) is 18.3 Å². The first-order valence-corrected chi connectivity index (χ1v) is 7.75. The van der Waals surface area contributed by atoms with E-state index in [2.05, 4.69) is 10.1 Å². The van der Waals surface area contributed by atoms with Crippen LogP contribution in [0, 0.1) is 0 Å². The molecular weight excluding hydrogens is 347 g/mol. The number of pyridine rings is 1. The number of carbonyl (C=O) groups excluding carboxylic acids is 1.